The van der Waals surface area contributed by atoms with E-state index in [9.17, 15) is 14.0 Å². The van der Waals surface area contributed by atoms with Crippen LogP contribution in [0.2, 0.25) is 0 Å². The minimum Gasteiger partial charge on any atom is -0.478 e. The highest BCUT2D eigenvalue weighted by Gasteiger charge is 2.19. The first-order chi connectivity index (χ1) is 9.51. The van der Waals surface area contributed by atoms with Crippen molar-refractivity contribution in [2.75, 3.05) is 18.4 Å². The van der Waals surface area contributed by atoms with Crippen LogP contribution in [0.25, 0.3) is 0 Å². The molecule has 0 heterocycles. The topological polar surface area (TPSA) is 69.6 Å². The number of amides is 2. The number of unbranched alkanes of at least 4 members (excludes halogenated alkanes) is 1. The maximum Gasteiger partial charge on any atom is 0.337 e. The Morgan fingerprint density at radius 1 is 1.35 bits per heavy atom. The molecule has 2 amide bonds. The van der Waals surface area contributed by atoms with Crippen LogP contribution in [0.5, 0.6) is 0 Å². The summed E-state index contributed by atoms with van der Waals surface area (Å²) in [5, 5.41) is 11.4. The van der Waals surface area contributed by atoms with E-state index >= 15 is 0 Å². The van der Waals surface area contributed by atoms with E-state index < -0.39 is 17.8 Å². The molecule has 0 bridgehead atoms. The van der Waals surface area contributed by atoms with Gasteiger partial charge in [0.05, 0.1) is 11.3 Å². The van der Waals surface area contributed by atoms with Crippen molar-refractivity contribution in [3.8, 4) is 0 Å². The van der Waals surface area contributed by atoms with E-state index in [-0.39, 0.29) is 11.3 Å². The molecule has 2 N–H and O–H groups in total. The van der Waals surface area contributed by atoms with E-state index in [1.807, 2.05) is 13.8 Å². The molecule has 1 aromatic carbocycles. The largest absolute Gasteiger partial charge is 0.478 e. The van der Waals surface area contributed by atoms with Gasteiger partial charge < -0.3 is 15.3 Å². The van der Waals surface area contributed by atoms with E-state index in [1.54, 1.807) is 0 Å². The Labute approximate surface area is 117 Å². The monoisotopic (exact) mass is 282 g/mol. The minimum absolute atomic E-state index is 0.259. The van der Waals surface area contributed by atoms with Crippen molar-refractivity contribution in [1.82, 2.24) is 4.90 Å². The third kappa shape index (κ3) is 3.94. The van der Waals surface area contributed by atoms with Crippen LogP contribution >= 0.6 is 0 Å². The molecule has 0 atom stereocenters. The predicted molar refractivity (Wildman–Crippen MR) is 74.5 cm³/mol. The SMILES string of the molecule is CCCCN(CC)C(=O)Nc1c(F)cccc1C(=O)O. The van der Waals surface area contributed by atoms with E-state index in [4.69, 9.17) is 5.11 Å². The number of carbonyl (C=O) groups is 2. The summed E-state index contributed by atoms with van der Waals surface area (Å²) in [7, 11) is 0. The molecule has 0 aliphatic heterocycles. The molecule has 1 rings (SSSR count). The fourth-order valence-electron chi connectivity index (χ4n) is 1.77. The Bertz CT molecular complexity index is 491. The average molecular weight is 282 g/mol. The molecule has 0 unspecified atom stereocenters. The number of nitrogens with one attached hydrogen (secondary N) is 1. The third-order valence-corrected chi connectivity index (χ3v) is 2.93. The highest BCUT2D eigenvalue weighted by atomic mass is 19.1. The predicted octanol–water partition coefficient (Wildman–Crippen LogP) is 3.18. The highest BCUT2D eigenvalue weighted by Crippen LogP contribution is 2.20. The number of aromatic carboxylic acids is 1. The standard InChI is InChI=1S/C14H19FN2O3/c1-3-5-9-17(4-2)14(20)16-12-10(13(18)19)7-6-8-11(12)15/h6-8H,3-5,9H2,1-2H3,(H,16,20)(H,18,19). The van der Waals surface area contributed by atoms with Gasteiger partial charge in [-0.15, -0.1) is 0 Å². The lowest BCUT2D eigenvalue weighted by molar-refractivity contribution is 0.0697. The normalized spacial score (nSPS) is 10.2. The summed E-state index contributed by atoms with van der Waals surface area (Å²) in [6.45, 7) is 4.85. The second-order valence-corrected chi connectivity index (χ2v) is 4.33. The van der Waals surface area contributed by atoms with Crippen LogP contribution < -0.4 is 5.32 Å². The van der Waals surface area contributed by atoms with E-state index in [0.717, 1.165) is 18.9 Å². The number of halogens is 1. The van der Waals surface area contributed by atoms with Crippen molar-refractivity contribution in [3.63, 3.8) is 0 Å². The first-order valence-corrected chi connectivity index (χ1v) is 6.59. The van der Waals surface area contributed by atoms with Crippen molar-refractivity contribution in [2.45, 2.75) is 26.7 Å². The fraction of sp³-hybridized carbons (Fsp3) is 0.429. The van der Waals surface area contributed by atoms with Gasteiger partial charge in [-0.05, 0) is 25.5 Å². The molecule has 110 valence electrons. The number of hydrogen-bond donors (Lipinski definition) is 2. The van der Waals surface area contributed by atoms with Crippen LogP contribution in [0.15, 0.2) is 18.2 Å². The maximum atomic E-state index is 13.7. The molecule has 0 fully saturated rings. The lowest BCUT2D eigenvalue weighted by atomic mass is 10.1. The number of urea groups is 1. The Morgan fingerprint density at radius 2 is 2.05 bits per heavy atom. The number of benzene rings is 1. The zero-order valence-corrected chi connectivity index (χ0v) is 11.6. The zero-order valence-electron chi connectivity index (χ0n) is 11.6. The second kappa shape index (κ2) is 7.47. The summed E-state index contributed by atoms with van der Waals surface area (Å²) in [4.78, 5) is 24.6. The van der Waals surface area contributed by atoms with Crippen LogP contribution in [0.4, 0.5) is 14.9 Å². The molecule has 6 heteroatoms. The maximum absolute atomic E-state index is 13.7. The van der Waals surface area contributed by atoms with E-state index in [0.29, 0.717) is 13.1 Å². The van der Waals surface area contributed by atoms with Gasteiger partial charge in [-0.2, -0.15) is 0 Å². The second-order valence-electron chi connectivity index (χ2n) is 4.33. The first kappa shape index (κ1) is 15.9. The van der Waals surface area contributed by atoms with Crippen molar-refractivity contribution in [1.29, 1.82) is 0 Å². The summed E-state index contributed by atoms with van der Waals surface area (Å²) >= 11 is 0. The summed E-state index contributed by atoms with van der Waals surface area (Å²) in [5.74, 6) is -2.04. The molecule has 5 nitrogen and oxygen atoms in total. The molecule has 1 aromatic rings. The Hall–Kier alpha value is -2.11. The van der Waals surface area contributed by atoms with Gasteiger partial charge in [0, 0.05) is 13.1 Å². The summed E-state index contributed by atoms with van der Waals surface area (Å²) < 4.78 is 13.7. The average Bonchev–Trinajstić information content (AvgIpc) is 2.41. The molecular weight excluding hydrogens is 263 g/mol. The van der Waals surface area contributed by atoms with E-state index in [1.165, 1.54) is 17.0 Å². The number of nitrogens with zero attached hydrogens (tertiary/aromatic N) is 1. The number of carboxylic acids is 1. The summed E-state index contributed by atoms with van der Waals surface area (Å²) in [5.41, 5.74) is -0.551. The lowest BCUT2D eigenvalue weighted by Crippen LogP contribution is -2.36. The van der Waals surface area contributed by atoms with Crippen LogP contribution in [0.3, 0.4) is 0 Å². The number of anilines is 1. The molecule has 0 saturated heterocycles. The number of carboxylic acid groups (broad SMARTS) is 1. The lowest BCUT2D eigenvalue weighted by Gasteiger charge is -2.21. The number of rotatable bonds is 6. The molecule has 0 aliphatic rings. The Kier molecular flexibility index (Phi) is 5.96. The van der Waals surface area contributed by atoms with Gasteiger partial charge in [0.25, 0.3) is 0 Å². The summed E-state index contributed by atoms with van der Waals surface area (Å²) in [6.07, 6.45) is 1.77. The fourth-order valence-corrected chi connectivity index (χ4v) is 1.77. The van der Waals surface area contributed by atoms with Crippen LogP contribution in [0.1, 0.15) is 37.0 Å². The molecular formula is C14H19FN2O3. The quantitative estimate of drug-likeness (QED) is 0.842. The minimum atomic E-state index is -1.28. The zero-order chi connectivity index (χ0) is 15.1. The number of carbonyl (C=O) groups excluding carboxylic acids is 1. The van der Waals surface area contributed by atoms with Gasteiger partial charge in [-0.1, -0.05) is 19.4 Å². The van der Waals surface area contributed by atoms with Crippen molar-refractivity contribution < 1.29 is 19.1 Å². The number of hydrogen-bond acceptors (Lipinski definition) is 2. The Balaban J connectivity index is 2.92. The van der Waals surface area contributed by atoms with Gasteiger partial charge in [0.1, 0.15) is 5.82 Å². The van der Waals surface area contributed by atoms with Gasteiger partial charge in [-0.3, -0.25) is 0 Å². The van der Waals surface area contributed by atoms with Crippen LogP contribution in [-0.4, -0.2) is 35.1 Å². The smallest absolute Gasteiger partial charge is 0.337 e. The highest BCUT2D eigenvalue weighted by molar-refractivity contribution is 6.00. The third-order valence-electron chi connectivity index (χ3n) is 2.93. The van der Waals surface area contributed by atoms with Gasteiger partial charge in [0.15, 0.2) is 0 Å². The molecule has 0 aliphatic carbocycles. The molecule has 20 heavy (non-hydrogen) atoms. The number of para-hydroxylation sites is 1. The van der Waals surface area contributed by atoms with Crippen molar-refractivity contribution in [2.24, 2.45) is 0 Å². The van der Waals surface area contributed by atoms with Crippen LogP contribution in [-0.2, 0) is 0 Å². The van der Waals surface area contributed by atoms with Gasteiger partial charge in [0.2, 0.25) is 0 Å². The first-order valence-electron chi connectivity index (χ1n) is 6.59. The molecule has 0 aromatic heterocycles. The molecule has 0 saturated carbocycles. The summed E-state index contributed by atoms with van der Waals surface area (Å²) in [6, 6.07) is 3.17. The van der Waals surface area contributed by atoms with Gasteiger partial charge >= 0.3 is 12.0 Å². The Morgan fingerprint density at radius 3 is 2.60 bits per heavy atom. The van der Waals surface area contributed by atoms with Gasteiger partial charge in [-0.25, -0.2) is 14.0 Å². The molecule has 0 spiro atoms. The van der Waals surface area contributed by atoms with Crippen molar-refractivity contribution in [3.05, 3.63) is 29.6 Å². The molecule has 0 radical (unpaired) electrons. The van der Waals surface area contributed by atoms with Crippen molar-refractivity contribution >= 4 is 17.7 Å². The van der Waals surface area contributed by atoms with Crippen LogP contribution in [0, 0.1) is 5.82 Å². The van der Waals surface area contributed by atoms with E-state index in [2.05, 4.69) is 5.32 Å².